The van der Waals surface area contributed by atoms with Crippen LogP contribution in [0.5, 0.6) is 0 Å². The van der Waals surface area contributed by atoms with Gasteiger partial charge in [-0.15, -0.1) is 0 Å². The molecule has 0 aliphatic heterocycles. The van der Waals surface area contributed by atoms with Gasteiger partial charge in [0.2, 0.25) is 0 Å². The molecule has 0 atom stereocenters. The molecule has 0 aliphatic rings. The third-order valence-corrected chi connectivity index (χ3v) is 1.83. The summed E-state index contributed by atoms with van der Waals surface area (Å²) in [7, 11) is 0. The topological polar surface area (TPSA) is 74.7 Å². The van der Waals surface area contributed by atoms with E-state index in [2.05, 4.69) is 26.1 Å². The fraction of sp³-hybridized carbons (Fsp3) is 0.250. The van der Waals surface area contributed by atoms with Crippen molar-refractivity contribution in [2.24, 2.45) is 5.73 Å². The summed E-state index contributed by atoms with van der Waals surface area (Å²) in [4.78, 5) is 10.6. The summed E-state index contributed by atoms with van der Waals surface area (Å²) in [6, 6.07) is 0. The van der Waals surface area contributed by atoms with Crippen LogP contribution < -0.4 is 11.3 Å². The molecule has 1 rings (SSSR count). The van der Waals surface area contributed by atoms with Crippen LogP contribution in [0, 0.1) is 0 Å². The fourth-order valence-electron chi connectivity index (χ4n) is 0.520. The summed E-state index contributed by atoms with van der Waals surface area (Å²) in [6.07, 6.45) is 0. The largest absolute Gasteiger partial charge is 0.325 e. The Morgan fingerprint density at radius 3 is 2.44 bits per heavy atom. The number of aromatic nitrogens is 2. The van der Waals surface area contributed by atoms with Crippen molar-refractivity contribution < 1.29 is 0 Å². The Morgan fingerprint density at radius 1 is 1.56 bits per heavy atom. The van der Waals surface area contributed by atoms with E-state index in [1.807, 2.05) is 0 Å². The summed E-state index contributed by atoms with van der Waals surface area (Å²) in [6.45, 7) is 0.333. The van der Waals surface area contributed by atoms with Crippen molar-refractivity contribution >= 4 is 15.9 Å². The summed E-state index contributed by atoms with van der Waals surface area (Å²) in [5.41, 5.74) is 5.77. The van der Waals surface area contributed by atoms with Crippen molar-refractivity contribution in [1.82, 2.24) is 10.2 Å². The number of rotatable bonds is 1. The van der Waals surface area contributed by atoms with E-state index < -0.39 is 0 Å². The van der Waals surface area contributed by atoms with Gasteiger partial charge in [0.15, 0.2) is 0 Å². The molecule has 5 heteroatoms. The lowest BCUT2D eigenvalue weighted by Crippen LogP contribution is -2.00. The molecule has 0 radical (unpaired) electrons. The van der Waals surface area contributed by atoms with Crippen LogP contribution in [-0.4, -0.2) is 10.2 Å². The van der Waals surface area contributed by atoms with E-state index in [1.54, 1.807) is 0 Å². The van der Waals surface area contributed by atoms with Gasteiger partial charge in [-0.2, -0.15) is 0 Å². The number of H-pyrrole nitrogens is 2. The zero-order chi connectivity index (χ0) is 6.85. The van der Waals surface area contributed by atoms with Crippen LogP contribution in [0.25, 0.3) is 0 Å². The van der Waals surface area contributed by atoms with E-state index in [9.17, 15) is 4.79 Å². The molecule has 0 fully saturated rings. The van der Waals surface area contributed by atoms with E-state index in [1.165, 1.54) is 0 Å². The summed E-state index contributed by atoms with van der Waals surface area (Å²) < 4.78 is 0.491. The zero-order valence-corrected chi connectivity index (χ0v) is 6.16. The molecule has 4 N–H and O–H groups in total. The highest BCUT2D eigenvalue weighted by Crippen LogP contribution is 2.05. The molecule has 0 spiro atoms. The summed E-state index contributed by atoms with van der Waals surface area (Å²) in [5.74, 6) is 0. The smallest absolute Gasteiger partial charge is 0.278 e. The minimum Gasteiger partial charge on any atom is -0.325 e. The van der Waals surface area contributed by atoms with Crippen molar-refractivity contribution in [3.8, 4) is 0 Å². The number of hydrogen-bond donors (Lipinski definition) is 3. The first-order valence-corrected chi connectivity index (χ1v) is 3.20. The Morgan fingerprint density at radius 2 is 2.22 bits per heavy atom. The van der Waals surface area contributed by atoms with Crippen molar-refractivity contribution in [3.05, 3.63) is 20.5 Å². The predicted molar refractivity (Wildman–Crippen MR) is 37.0 cm³/mol. The van der Waals surface area contributed by atoms with Gasteiger partial charge in [-0.3, -0.25) is 15.0 Å². The molecule has 0 unspecified atom stereocenters. The standard InChI is InChI=1S/C4H6BrN3O/c5-3-2(1-6)7-8-4(3)9/h1,6H2,(H2,7,8,9). The van der Waals surface area contributed by atoms with E-state index in [0.29, 0.717) is 16.7 Å². The first kappa shape index (κ1) is 6.57. The third kappa shape index (κ3) is 1.06. The molecule has 1 aromatic heterocycles. The minimum absolute atomic E-state index is 0.171. The Labute approximate surface area is 59.6 Å². The first-order valence-electron chi connectivity index (χ1n) is 2.40. The maximum Gasteiger partial charge on any atom is 0.278 e. The van der Waals surface area contributed by atoms with Gasteiger partial charge in [-0.1, -0.05) is 0 Å². The van der Waals surface area contributed by atoms with Gasteiger partial charge in [0, 0.05) is 6.54 Å². The number of halogens is 1. The zero-order valence-electron chi connectivity index (χ0n) is 4.57. The Kier molecular flexibility index (Phi) is 1.73. The average Bonchev–Trinajstić information content (AvgIpc) is 2.15. The lowest BCUT2D eigenvalue weighted by molar-refractivity contribution is 0.938. The van der Waals surface area contributed by atoms with E-state index in [4.69, 9.17) is 5.73 Å². The molecule has 1 aromatic rings. The highest BCUT2D eigenvalue weighted by atomic mass is 79.9. The Balaban J connectivity index is 3.20. The highest BCUT2D eigenvalue weighted by Gasteiger charge is 2.01. The van der Waals surface area contributed by atoms with Crippen molar-refractivity contribution in [2.75, 3.05) is 0 Å². The summed E-state index contributed by atoms with van der Waals surface area (Å²) in [5, 5.41) is 4.99. The normalized spacial score (nSPS) is 10.0. The van der Waals surface area contributed by atoms with Crippen molar-refractivity contribution in [2.45, 2.75) is 6.54 Å². The maximum atomic E-state index is 10.6. The third-order valence-electron chi connectivity index (χ3n) is 0.995. The number of nitrogens with two attached hydrogens (primary N) is 1. The van der Waals surface area contributed by atoms with Crippen LogP contribution in [0.15, 0.2) is 9.27 Å². The van der Waals surface area contributed by atoms with Crippen molar-refractivity contribution in [1.29, 1.82) is 0 Å². The van der Waals surface area contributed by atoms with Gasteiger partial charge in [0.05, 0.1) is 5.69 Å². The molecule has 50 valence electrons. The monoisotopic (exact) mass is 191 g/mol. The van der Waals surface area contributed by atoms with Crippen LogP contribution in [0.1, 0.15) is 5.69 Å². The molecule has 0 bridgehead atoms. The second-order valence-corrected chi connectivity index (χ2v) is 2.37. The number of aromatic amines is 2. The van der Waals surface area contributed by atoms with Gasteiger partial charge < -0.3 is 5.73 Å². The molecule has 0 saturated heterocycles. The van der Waals surface area contributed by atoms with Crippen LogP contribution in [-0.2, 0) is 6.54 Å². The second-order valence-electron chi connectivity index (χ2n) is 1.58. The van der Waals surface area contributed by atoms with Gasteiger partial charge in [0.25, 0.3) is 5.56 Å². The minimum atomic E-state index is -0.171. The molecular weight excluding hydrogens is 186 g/mol. The van der Waals surface area contributed by atoms with Gasteiger partial charge >= 0.3 is 0 Å². The maximum absolute atomic E-state index is 10.6. The quantitative estimate of drug-likeness (QED) is 0.582. The molecule has 0 aromatic carbocycles. The molecule has 4 nitrogen and oxygen atoms in total. The number of nitrogens with one attached hydrogen (secondary N) is 2. The molecular formula is C4H6BrN3O. The second kappa shape index (κ2) is 2.36. The molecule has 0 aliphatic carbocycles. The van der Waals surface area contributed by atoms with Gasteiger partial charge in [0.1, 0.15) is 4.47 Å². The van der Waals surface area contributed by atoms with Crippen LogP contribution >= 0.6 is 15.9 Å². The van der Waals surface area contributed by atoms with Gasteiger partial charge in [-0.05, 0) is 15.9 Å². The average molecular weight is 192 g/mol. The predicted octanol–water partition coefficient (Wildman–Crippen LogP) is -0.0758. The lowest BCUT2D eigenvalue weighted by atomic mass is 10.4. The van der Waals surface area contributed by atoms with Gasteiger partial charge in [-0.25, -0.2) is 0 Å². The summed E-state index contributed by atoms with van der Waals surface area (Å²) >= 11 is 3.06. The molecule has 9 heavy (non-hydrogen) atoms. The molecule has 0 saturated carbocycles. The number of hydrogen-bond acceptors (Lipinski definition) is 2. The van der Waals surface area contributed by atoms with Crippen LogP contribution in [0.2, 0.25) is 0 Å². The first-order chi connectivity index (χ1) is 4.25. The Bertz CT molecular complexity index is 251. The molecule has 0 amide bonds. The molecule has 1 heterocycles. The van der Waals surface area contributed by atoms with Crippen molar-refractivity contribution in [3.63, 3.8) is 0 Å². The van der Waals surface area contributed by atoms with E-state index >= 15 is 0 Å². The lowest BCUT2D eigenvalue weighted by Gasteiger charge is -1.85. The van der Waals surface area contributed by atoms with E-state index in [-0.39, 0.29) is 5.56 Å². The van der Waals surface area contributed by atoms with E-state index in [0.717, 1.165) is 0 Å². The van der Waals surface area contributed by atoms with Crippen LogP contribution in [0.4, 0.5) is 0 Å². The SMILES string of the molecule is NCc1[nH][nH]c(=O)c1Br. The fourth-order valence-corrected chi connectivity index (χ4v) is 0.880. The van der Waals surface area contributed by atoms with Crippen LogP contribution in [0.3, 0.4) is 0 Å². The Hall–Kier alpha value is -0.550. The highest BCUT2D eigenvalue weighted by molar-refractivity contribution is 9.10.